The fraction of sp³-hybridized carbons (Fsp3) is 0.789. The second-order valence-corrected chi connectivity index (χ2v) is 8.37. The second-order valence-electron chi connectivity index (χ2n) is 8.37. The lowest BCUT2D eigenvalue weighted by Crippen LogP contribution is -2.67. The number of hydrogen-bond acceptors (Lipinski definition) is 3. The van der Waals surface area contributed by atoms with Crippen molar-refractivity contribution < 1.29 is 19.4 Å². The maximum Gasteiger partial charge on any atom is 0.308 e. The molecule has 1 aliphatic heterocycles. The van der Waals surface area contributed by atoms with Crippen molar-refractivity contribution in [1.29, 1.82) is 0 Å². The van der Waals surface area contributed by atoms with Gasteiger partial charge in [-0.2, -0.15) is 0 Å². The minimum absolute atomic E-state index is 0.0141. The Bertz CT molecular complexity index is 532. The molecule has 5 fully saturated rings. The van der Waals surface area contributed by atoms with Crippen molar-refractivity contribution in [3.8, 4) is 0 Å². The molecule has 0 spiro atoms. The summed E-state index contributed by atoms with van der Waals surface area (Å²) in [6, 6.07) is 0. The van der Waals surface area contributed by atoms with Crippen molar-refractivity contribution >= 4 is 11.8 Å². The molecule has 4 aliphatic carbocycles. The Balaban J connectivity index is 1.82. The van der Waals surface area contributed by atoms with E-state index in [1.54, 1.807) is 0 Å². The molecule has 4 heteroatoms. The molecule has 4 nitrogen and oxygen atoms in total. The van der Waals surface area contributed by atoms with Crippen LogP contribution in [0.5, 0.6) is 0 Å². The van der Waals surface area contributed by atoms with Gasteiger partial charge in [0.15, 0.2) is 5.78 Å². The molecule has 1 heterocycles. The highest BCUT2D eigenvalue weighted by atomic mass is 16.5. The van der Waals surface area contributed by atoms with Crippen LogP contribution in [0.1, 0.15) is 51.4 Å². The molecule has 4 atom stereocenters. The van der Waals surface area contributed by atoms with Crippen molar-refractivity contribution in [3.05, 3.63) is 12.7 Å². The lowest BCUT2D eigenvalue weighted by atomic mass is 9.37. The number of carbonyl (C=O) groups is 2. The molecule has 5 rings (SSSR count). The van der Waals surface area contributed by atoms with Gasteiger partial charge in [-0.1, -0.05) is 6.58 Å². The maximum atomic E-state index is 12.8. The number of rotatable bonds is 4. The Labute approximate surface area is 137 Å². The average molecular weight is 318 g/mol. The van der Waals surface area contributed by atoms with Gasteiger partial charge < -0.3 is 9.84 Å². The summed E-state index contributed by atoms with van der Waals surface area (Å²) in [5, 5.41) is 10.1. The fourth-order valence-corrected chi connectivity index (χ4v) is 6.91. The van der Waals surface area contributed by atoms with Crippen LogP contribution in [-0.4, -0.2) is 29.6 Å². The average Bonchev–Trinajstić information content (AvgIpc) is 2.53. The first-order valence-electron chi connectivity index (χ1n) is 9.03. The van der Waals surface area contributed by atoms with Crippen LogP contribution in [0.25, 0.3) is 0 Å². The van der Waals surface area contributed by atoms with Crippen LogP contribution >= 0.6 is 0 Å². The van der Waals surface area contributed by atoms with Gasteiger partial charge in [-0.05, 0) is 69.3 Å². The topological polar surface area (TPSA) is 63.6 Å². The molecule has 0 radical (unpaired) electrons. The number of carbonyl (C=O) groups excluding carboxylic acids is 1. The van der Waals surface area contributed by atoms with E-state index in [1.165, 1.54) is 6.08 Å². The number of allylic oxidation sites excluding steroid dienone is 1. The predicted octanol–water partition coefficient (Wildman–Crippen LogP) is 3.21. The van der Waals surface area contributed by atoms with Gasteiger partial charge in [-0.25, -0.2) is 0 Å². The van der Waals surface area contributed by atoms with Crippen LogP contribution < -0.4 is 0 Å². The third-order valence-corrected chi connectivity index (χ3v) is 7.18. The highest BCUT2D eigenvalue weighted by Crippen LogP contribution is 2.70. The Morgan fingerprint density at radius 3 is 2.35 bits per heavy atom. The largest absolute Gasteiger partial charge is 0.481 e. The van der Waals surface area contributed by atoms with E-state index in [4.69, 9.17) is 4.74 Å². The molecule has 4 saturated carbocycles. The van der Waals surface area contributed by atoms with Crippen molar-refractivity contribution in [2.24, 2.45) is 28.6 Å². The summed E-state index contributed by atoms with van der Waals surface area (Å²) in [5.74, 6) is -0.483. The lowest BCUT2D eigenvalue weighted by Gasteiger charge is -2.66. The van der Waals surface area contributed by atoms with Crippen molar-refractivity contribution in [2.75, 3.05) is 6.61 Å². The van der Waals surface area contributed by atoms with Crippen molar-refractivity contribution in [3.63, 3.8) is 0 Å². The van der Waals surface area contributed by atoms with Crippen LogP contribution in [0.15, 0.2) is 12.7 Å². The molecular weight excluding hydrogens is 292 g/mol. The smallest absolute Gasteiger partial charge is 0.308 e. The van der Waals surface area contributed by atoms with E-state index in [1.807, 2.05) is 0 Å². The quantitative estimate of drug-likeness (QED) is 0.809. The van der Waals surface area contributed by atoms with E-state index in [0.29, 0.717) is 11.8 Å². The van der Waals surface area contributed by atoms with Gasteiger partial charge in [0.25, 0.3) is 0 Å². The van der Waals surface area contributed by atoms with Gasteiger partial charge in [-0.3, -0.25) is 9.59 Å². The van der Waals surface area contributed by atoms with Gasteiger partial charge in [0, 0.05) is 17.4 Å². The second kappa shape index (κ2) is 5.17. The Morgan fingerprint density at radius 2 is 1.83 bits per heavy atom. The third-order valence-electron chi connectivity index (χ3n) is 7.18. The van der Waals surface area contributed by atoms with Gasteiger partial charge in [0.1, 0.15) is 0 Å². The van der Waals surface area contributed by atoms with Crippen LogP contribution in [0, 0.1) is 28.6 Å². The third kappa shape index (κ3) is 2.00. The van der Waals surface area contributed by atoms with E-state index >= 15 is 0 Å². The number of aliphatic carboxylic acids is 1. The SMILES string of the molecule is C=CC(=O)C12CC3CC(C1)CC(C1CCCCO1)(C3)C2C(=O)O. The van der Waals surface area contributed by atoms with Crippen LogP contribution in [0.4, 0.5) is 0 Å². The van der Waals surface area contributed by atoms with Crippen molar-refractivity contribution in [1.82, 2.24) is 0 Å². The zero-order valence-electron chi connectivity index (χ0n) is 13.6. The highest BCUT2D eigenvalue weighted by Gasteiger charge is 2.70. The molecular formula is C19H26O4. The molecule has 0 aromatic rings. The minimum atomic E-state index is -0.798. The molecule has 0 aromatic heterocycles. The first-order chi connectivity index (χ1) is 11.0. The Hall–Kier alpha value is -1.16. The normalized spacial score (nSPS) is 48.2. The zero-order chi connectivity index (χ0) is 16.2. The number of carboxylic acids is 1. The van der Waals surface area contributed by atoms with Crippen LogP contribution in [0.2, 0.25) is 0 Å². The molecule has 23 heavy (non-hydrogen) atoms. The summed E-state index contributed by atoms with van der Waals surface area (Å²) >= 11 is 0. The zero-order valence-corrected chi connectivity index (χ0v) is 13.6. The maximum absolute atomic E-state index is 12.8. The Morgan fingerprint density at radius 1 is 1.13 bits per heavy atom. The van der Waals surface area contributed by atoms with E-state index in [-0.39, 0.29) is 17.3 Å². The van der Waals surface area contributed by atoms with Gasteiger partial charge in [-0.15, -0.1) is 0 Å². The van der Waals surface area contributed by atoms with Crippen LogP contribution in [0.3, 0.4) is 0 Å². The first-order valence-corrected chi connectivity index (χ1v) is 9.03. The molecule has 0 amide bonds. The monoisotopic (exact) mass is 318 g/mol. The molecule has 5 aliphatic rings. The van der Waals surface area contributed by atoms with Gasteiger partial charge >= 0.3 is 5.97 Å². The Kier molecular flexibility index (Phi) is 3.45. The van der Waals surface area contributed by atoms with Gasteiger partial charge in [0.05, 0.1) is 12.0 Å². The first kappa shape index (κ1) is 15.4. The number of carboxylic acid groups (broad SMARTS) is 1. The van der Waals surface area contributed by atoms with Crippen LogP contribution in [-0.2, 0) is 14.3 Å². The summed E-state index contributed by atoms with van der Waals surface area (Å²) < 4.78 is 6.10. The highest BCUT2D eigenvalue weighted by molar-refractivity contribution is 5.98. The fourth-order valence-electron chi connectivity index (χ4n) is 6.91. The van der Waals surface area contributed by atoms with E-state index in [9.17, 15) is 14.7 Å². The molecule has 126 valence electrons. The standard InChI is InChI=1S/C19H26O4/c1-2-14(20)18-8-12-7-13(9-18)11-19(10-12,16(18)17(21)22)15-5-3-4-6-23-15/h2,12-13,15-16H,1,3-11H2,(H,21,22). The molecule has 1 saturated heterocycles. The summed E-state index contributed by atoms with van der Waals surface area (Å²) in [6.07, 6.45) is 8.99. The number of ketones is 1. The lowest BCUT2D eigenvalue weighted by molar-refractivity contribution is -0.227. The number of hydrogen-bond donors (Lipinski definition) is 1. The van der Waals surface area contributed by atoms with E-state index < -0.39 is 17.3 Å². The summed E-state index contributed by atoms with van der Waals surface area (Å²) in [7, 11) is 0. The summed E-state index contributed by atoms with van der Waals surface area (Å²) in [6.45, 7) is 4.41. The van der Waals surface area contributed by atoms with E-state index in [0.717, 1.165) is 58.0 Å². The molecule has 0 aromatic carbocycles. The summed E-state index contributed by atoms with van der Waals surface area (Å²) in [4.78, 5) is 25.1. The van der Waals surface area contributed by atoms with Crippen molar-refractivity contribution in [2.45, 2.75) is 57.5 Å². The predicted molar refractivity (Wildman–Crippen MR) is 84.9 cm³/mol. The molecule has 4 unspecified atom stereocenters. The molecule has 1 N–H and O–H groups in total. The van der Waals surface area contributed by atoms with E-state index in [2.05, 4.69) is 6.58 Å². The number of ether oxygens (including phenoxy) is 1. The van der Waals surface area contributed by atoms with Gasteiger partial charge in [0.2, 0.25) is 0 Å². The minimum Gasteiger partial charge on any atom is -0.481 e. The molecule has 4 bridgehead atoms. The summed E-state index contributed by atoms with van der Waals surface area (Å²) in [5.41, 5.74) is -1.06.